The van der Waals surface area contributed by atoms with E-state index in [1.165, 1.54) is 87.8 Å². The number of unbranched alkanes of at least 4 members (excludes halogenated alkanes) is 4. The molecule has 0 amide bonds. The Balaban J connectivity index is 1.96. The topological polar surface area (TPSA) is 36.9 Å². The van der Waals surface area contributed by atoms with Crippen molar-refractivity contribution in [2.45, 2.75) is 158 Å². The molecule has 4 aromatic carbocycles. The highest BCUT2D eigenvalue weighted by atomic mass is 79.9. The number of ether oxygens (including phenoxy) is 4. The van der Waals surface area contributed by atoms with Gasteiger partial charge < -0.3 is 18.9 Å². The first kappa shape index (κ1) is 46.5. The zero-order chi connectivity index (χ0) is 40.5. The van der Waals surface area contributed by atoms with Crippen molar-refractivity contribution in [2.75, 3.05) is 26.4 Å². The molecule has 0 aliphatic heterocycles. The monoisotopic (exact) mass is 896 g/mol. The van der Waals surface area contributed by atoms with Crippen molar-refractivity contribution in [3.63, 3.8) is 0 Å². The summed E-state index contributed by atoms with van der Waals surface area (Å²) in [5.41, 5.74) is 0. The minimum Gasteiger partial charge on any atom is -0.489 e. The first-order valence-corrected chi connectivity index (χ1v) is 24.2. The van der Waals surface area contributed by atoms with E-state index < -0.39 is 0 Å². The van der Waals surface area contributed by atoms with Gasteiger partial charge in [0.15, 0.2) is 23.0 Å². The van der Waals surface area contributed by atoms with Crippen LogP contribution in [0.1, 0.15) is 158 Å². The number of halogens is 2. The van der Waals surface area contributed by atoms with E-state index in [1.54, 1.807) is 0 Å². The molecular weight excluding hydrogens is 824 g/mol. The number of hydrogen-bond acceptors (Lipinski definition) is 4. The van der Waals surface area contributed by atoms with Gasteiger partial charge in [-0.1, -0.05) is 132 Å². The van der Waals surface area contributed by atoms with Crippen LogP contribution in [-0.4, -0.2) is 26.4 Å². The molecule has 4 unspecified atom stereocenters. The highest BCUT2D eigenvalue weighted by Crippen LogP contribution is 2.46. The van der Waals surface area contributed by atoms with Crippen LogP contribution in [-0.2, 0) is 0 Å². The van der Waals surface area contributed by atoms with Crippen molar-refractivity contribution in [3.8, 4) is 23.0 Å². The first-order valence-electron chi connectivity index (χ1n) is 22.6. The van der Waals surface area contributed by atoms with E-state index in [2.05, 4.69) is 124 Å². The molecule has 0 saturated heterocycles. The fourth-order valence-electron chi connectivity index (χ4n) is 7.88. The molecule has 0 radical (unpaired) electrons. The molecule has 56 heavy (non-hydrogen) atoms. The third-order valence-electron chi connectivity index (χ3n) is 12.2. The van der Waals surface area contributed by atoms with E-state index in [4.69, 9.17) is 18.9 Å². The van der Waals surface area contributed by atoms with E-state index in [0.29, 0.717) is 50.1 Å². The lowest BCUT2D eigenvalue weighted by Crippen LogP contribution is -2.14. The van der Waals surface area contributed by atoms with E-state index >= 15 is 0 Å². The molecule has 0 aliphatic carbocycles. The summed E-state index contributed by atoms with van der Waals surface area (Å²) in [6.07, 6.45) is 18.9. The zero-order valence-corrected chi connectivity index (χ0v) is 39.5. The van der Waals surface area contributed by atoms with Gasteiger partial charge in [0.1, 0.15) is 0 Å². The summed E-state index contributed by atoms with van der Waals surface area (Å²) in [6.45, 7) is 21.0. The molecule has 4 rings (SSSR count). The summed E-state index contributed by atoms with van der Waals surface area (Å²) in [7, 11) is 0. The Bertz CT molecular complexity index is 1640. The average Bonchev–Trinajstić information content (AvgIpc) is 3.21. The van der Waals surface area contributed by atoms with Gasteiger partial charge in [-0.05, 0) is 150 Å². The molecule has 312 valence electrons. The number of hydrogen-bond donors (Lipinski definition) is 0. The van der Waals surface area contributed by atoms with Gasteiger partial charge in [-0.15, -0.1) is 0 Å². The molecule has 4 atom stereocenters. The highest BCUT2D eigenvalue weighted by Gasteiger charge is 2.21. The van der Waals surface area contributed by atoms with Gasteiger partial charge in [0.05, 0.1) is 26.4 Å². The Kier molecular flexibility index (Phi) is 20.5. The third kappa shape index (κ3) is 12.9. The Labute approximate surface area is 357 Å². The summed E-state index contributed by atoms with van der Waals surface area (Å²) in [5, 5.41) is 6.95. The second-order valence-corrected chi connectivity index (χ2v) is 18.1. The zero-order valence-electron chi connectivity index (χ0n) is 36.3. The van der Waals surface area contributed by atoms with Gasteiger partial charge in [-0.25, -0.2) is 0 Å². The fourth-order valence-corrected chi connectivity index (χ4v) is 8.56. The van der Waals surface area contributed by atoms with Gasteiger partial charge in [-0.2, -0.15) is 0 Å². The quantitative estimate of drug-likeness (QED) is 0.0532. The second kappa shape index (κ2) is 24.7. The lowest BCUT2D eigenvalue weighted by Gasteiger charge is -2.23. The molecule has 0 fully saturated rings. The largest absolute Gasteiger partial charge is 0.489 e. The Hall–Kier alpha value is -2.18. The predicted molar refractivity (Wildman–Crippen MR) is 250 cm³/mol. The molecule has 0 bridgehead atoms. The molecule has 0 spiro atoms. The molecule has 0 N–H and O–H groups in total. The summed E-state index contributed by atoms with van der Waals surface area (Å²) < 4.78 is 29.4. The van der Waals surface area contributed by atoms with Crippen molar-refractivity contribution in [1.29, 1.82) is 0 Å². The summed E-state index contributed by atoms with van der Waals surface area (Å²) in [6, 6.07) is 13.5. The first-order chi connectivity index (χ1) is 27.2. The van der Waals surface area contributed by atoms with Gasteiger partial charge in [-0.3, -0.25) is 0 Å². The van der Waals surface area contributed by atoms with Crippen molar-refractivity contribution in [2.24, 2.45) is 23.7 Å². The minimum absolute atomic E-state index is 0.510. The summed E-state index contributed by atoms with van der Waals surface area (Å²) in [4.78, 5) is 0. The lowest BCUT2D eigenvalue weighted by atomic mass is 9.93. The summed E-state index contributed by atoms with van der Waals surface area (Å²) in [5.74, 6) is 5.41. The van der Waals surface area contributed by atoms with E-state index in [-0.39, 0.29) is 0 Å². The van der Waals surface area contributed by atoms with Crippen LogP contribution in [0.5, 0.6) is 23.0 Å². The molecular formula is C50H74Br2O4. The van der Waals surface area contributed by atoms with Gasteiger partial charge >= 0.3 is 0 Å². The molecule has 4 nitrogen and oxygen atoms in total. The number of benzene rings is 4. The lowest BCUT2D eigenvalue weighted by molar-refractivity contribution is 0.199. The Morgan fingerprint density at radius 1 is 0.357 bits per heavy atom. The maximum absolute atomic E-state index is 6.84. The van der Waals surface area contributed by atoms with Crippen LogP contribution in [0.15, 0.2) is 45.3 Å². The minimum atomic E-state index is 0.510. The van der Waals surface area contributed by atoms with E-state index in [0.717, 1.165) is 79.2 Å². The van der Waals surface area contributed by atoms with Crippen LogP contribution in [0.2, 0.25) is 0 Å². The van der Waals surface area contributed by atoms with Crippen LogP contribution in [0.4, 0.5) is 0 Å². The fraction of sp³-hybridized carbons (Fsp3) is 0.640. The van der Waals surface area contributed by atoms with Gasteiger partial charge in [0.2, 0.25) is 0 Å². The molecule has 0 saturated carbocycles. The molecule has 0 heterocycles. The predicted octanol–water partition coefficient (Wildman–Crippen LogP) is 17.1. The Morgan fingerprint density at radius 2 is 0.571 bits per heavy atom. The highest BCUT2D eigenvalue weighted by molar-refractivity contribution is 9.13. The van der Waals surface area contributed by atoms with Crippen LogP contribution in [0.3, 0.4) is 0 Å². The van der Waals surface area contributed by atoms with Crippen LogP contribution in [0.25, 0.3) is 32.3 Å². The maximum Gasteiger partial charge on any atom is 0.161 e. The second-order valence-electron chi connectivity index (χ2n) is 16.4. The van der Waals surface area contributed by atoms with Gasteiger partial charge in [0, 0.05) is 8.95 Å². The van der Waals surface area contributed by atoms with Crippen molar-refractivity contribution < 1.29 is 18.9 Å². The van der Waals surface area contributed by atoms with Crippen LogP contribution >= 0.6 is 31.9 Å². The van der Waals surface area contributed by atoms with Crippen LogP contribution < -0.4 is 18.9 Å². The van der Waals surface area contributed by atoms with E-state index in [9.17, 15) is 0 Å². The van der Waals surface area contributed by atoms with Crippen molar-refractivity contribution in [1.82, 2.24) is 0 Å². The normalized spacial score (nSPS) is 14.0. The van der Waals surface area contributed by atoms with Gasteiger partial charge in [0.25, 0.3) is 0 Å². The SMILES string of the molecule is CCCCC(CC)COc1cc2c3cc(Br)c(Br)cc3c3cc(OCC(CC)CCCC)c(OCC(CC)CCCC)cc3c2cc1OCC(CC)CCCC. The molecule has 4 aromatic rings. The molecule has 0 aliphatic rings. The summed E-state index contributed by atoms with van der Waals surface area (Å²) >= 11 is 7.72. The number of fused-ring (bicyclic) bond motifs is 6. The molecule has 6 heteroatoms. The third-order valence-corrected chi connectivity index (χ3v) is 14.0. The van der Waals surface area contributed by atoms with E-state index in [1.807, 2.05) is 0 Å². The Morgan fingerprint density at radius 3 is 0.768 bits per heavy atom. The molecule has 0 aromatic heterocycles. The average molecular weight is 899 g/mol. The smallest absolute Gasteiger partial charge is 0.161 e. The van der Waals surface area contributed by atoms with Crippen molar-refractivity contribution >= 4 is 64.2 Å². The standard InChI is InChI=1S/C50H74Br2O4/c1-9-17-21-35(13-5)31-53-47-27-41-39-25-45(51)46(52)26-40(39)42-28-48(54-32-36(14-6)22-18-10-2)50(56-34-38(16-8)24-20-12-4)30-44(42)43(41)29-49(47)55-33-37(15-7)23-19-11-3/h25-30,35-38H,9-24,31-34H2,1-8H3. The maximum atomic E-state index is 6.84. The number of rotatable bonds is 28. The van der Waals surface area contributed by atoms with Crippen molar-refractivity contribution in [3.05, 3.63) is 45.3 Å². The van der Waals surface area contributed by atoms with Crippen LogP contribution in [0, 0.1) is 23.7 Å².